The topological polar surface area (TPSA) is 96.9 Å². The average molecular weight is 482 g/mol. The van der Waals surface area contributed by atoms with Crippen LogP contribution in [0.4, 0.5) is 10.5 Å². The lowest BCUT2D eigenvalue weighted by atomic mass is 10.2. The number of pyridine rings is 1. The van der Waals surface area contributed by atoms with Crippen molar-refractivity contribution in [2.24, 2.45) is 0 Å². The molecule has 0 N–H and O–H groups in total. The number of rotatable bonds is 4. The lowest BCUT2D eigenvalue weighted by Gasteiger charge is -2.33. The van der Waals surface area contributed by atoms with Crippen molar-refractivity contribution < 1.29 is 22.7 Å². The fourth-order valence-corrected chi connectivity index (χ4v) is 4.49. The number of hydrogen-bond acceptors (Lipinski definition) is 6. The summed E-state index contributed by atoms with van der Waals surface area (Å²) in [6.07, 6.45) is 1.40. The van der Waals surface area contributed by atoms with Gasteiger partial charge in [0, 0.05) is 29.4 Å². The van der Waals surface area contributed by atoms with E-state index in [1.807, 2.05) is 12.1 Å². The molecule has 0 atom stereocenters. The summed E-state index contributed by atoms with van der Waals surface area (Å²) < 4.78 is 28.9. The van der Waals surface area contributed by atoms with Crippen molar-refractivity contribution in [1.82, 2.24) is 9.88 Å². The Morgan fingerprint density at radius 2 is 1.93 bits per heavy atom. The molecular weight excluding hydrogens is 462 g/mol. The number of esters is 1. The zero-order valence-corrected chi connectivity index (χ0v) is 18.1. The molecule has 2 amide bonds. The number of ether oxygens (including phenoxy) is 1. The maximum atomic E-state index is 13.2. The number of urea groups is 1. The van der Waals surface area contributed by atoms with E-state index in [1.54, 1.807) is 29.2 Å². The van der Waals surface area contributed by atoms with E-state index in [9.17, 15) is 18.0 Å². The molecule has 0 bridgehead atoms. The van der Waals surface area contributed by atoms with Crippen molar-refractivity contribution in [3.8, 4) is 0 Å². The Labute approximate surface area is 177 Å². The molecule has 1 aromatic heterocycles. The van der Waals surface area contributed by atoms with Gasteiger partial charge in [-0.1, -0.05) is 22.0 Å². The summed E-state index contributed by atoms with van der Waals surface area (Å²) in [6.45, 7) is 0.473. The van der Waals surface area contributed by atoms with Crippen molar-refractivity contribution >= 4 is 43.5 Å². The molecule has 1 saturated heterocycles. The summed E-state index contributed by atoms with van der Waals surface area (Å²) in [4.78, 5) is 32.1. The van der Waals surface area contributed by atoms with E-state index in [-0.39, 0.29) is 37.2 Å². The number of carbonyl (C=O) groups is 2. The Hall–Kier alpha value is -2.46. The molecule has 3 rings (SSSR count). The summed E-state index contributed by atoms with van der Waals surface area (Å²) in [7, 11) is -1.80. The second-order valence-corrected chi connectivity index (χ2v) is 9.74. The molecule has 0 spiro atoms. The van der Waals surface area contributed by atoms with Crippen LogP contribution in [0.15, 0.2) is 47.1 Å². The first-order valence-electron chi connectivity index (χ1n) is 8.85. The van der Waals surface area contributed by atoms with Gasteiger partial charge in [0.15, 0.2) is 9.84 Å². The molecule has 2 heterocycles. The highest BCUT2D eigenvalue weighted by Gasteiger charge is 2.29. The first-order valence-corrected chi connectivity index (χ1v) is 11.5. The number of carbonyl (C=O) groups excluding carboxylic acids is 2. The molecular formula is C19H20BrN3O5S. The Morgan fingerprint density at radius 3 is 2.52 bits per heavy atom. The van der Waals surface area contributed by atoms with Crippen LogP contribution in [0.25, 0.3) is 0 Å². The third-order valence-electron chi connectivity index (χ3n) is 4.53. The first kappa shape index (κ1) is 21.3. The molecule has 0 aliphatic carbocycles. The highest BCUT2D eigenvalue weighted by atomic mass is 79.9. The van der Waals surface area contributed by atoms with Gasteiger partial charge in [-0.15, -0.1) is 0 Å². The summed E-state index contributed by atoms with van der Waals surface area (Å²) in [6, 6.07) is 10.2. The number of methoxy groups -OCH3 is 1. The number of nitrogens with zero attached hydrogens (tertiary/aromatic N) is 3. The predicted molar refractivity (Wildman–Crippen MR) is 112 cm³/mol. The van der Waals surface area contributed by atoms with Crippen LogP contribution < -0.4 is 4.90 Å². The normalized spacial score (nSPS) is 15.6. The molecule has 0 saturated carbocycles. The fraction of sp³-hybridized carbons (Fsp3) is 0.316. The SMILES string of the molecule is COC(=O)c1ccc(CN(C(=O)N2CCS(=O)(=O)CC2)c2cccc(Br)c2)nc1. The Morgan fingerprint density at radius 1 is 1.21 bits per heavy atom. The summed E-state index contributed by atoms with van der Waals surface area (Å²) in [5, 5.41) is 0. The number of aromatic nitrogens is 1. The Kier molecular flexibility index (Phi) is 6.53. The van der Waals surface area contributed by atoms with E-state index in [1.165, 1.54) is 18.2 Å². The van der Waals surface area contributed by atoms with E-state index in [4.69, 9.17) is 0 Å². The van der Waals surface area contributed by atoms with E-state index < -0.39 is 15.8 Å². The third-order valence-corrected chi connectivity index (χ3v) is 6.63. The zero-order valence-electron chi connectivity index (χ0n) is 15.7. The monoisotopic (exact) mass is 481 g/mol. The quantitative estimate of drug-likeness (QED) is 0.622. The number of hydrogen-bond donors (Lipinski definition) is 0. The van der Waals surface area contributed by atoms with Crippen LogP contribution in [-0.2, 0) is 21.1 Å². The van der Waals surface area contributed by atoms with Crippen molar-refractivity contribution in [2.75, 3.05) is 36.6 Å². The molecule has 29 heavy (non-hydrogen) atoms. The molecule has 1 aliphatic heterocycles. The van der Waals surface area contributed by atoms with Crippen molar-refractivity contribution in [3.05, 3.63) is 58.3 Å². The van der Waals surface area contributed by atoms with Gasteiger partial charge in [-0.3, -0.25) is 9.88 Å². The molecule has 0 unspecified atom stereocenters. The molecule has 8 nitrogen and oxygen atoms in total. The molecule has 2 aromatic rings. The van der Waals surface area contributed by atoms with E-state index in [2.05, 4.69) is 25.7 Å². The lowest BCUT2D eigenvalue weighted by molar-refractivity contribution is 0.0600. The van der Waals surface area contributed by atoms with Crippen LogP contribution in [0.2, 0.25) is 0 Å². The van der Waals surface area contributed by atoms with Gasteiger partial charge in [0.05, 0.1) is 36.4 Å². The van der Waals surface area contributed by atoms with E-state index in [0.717, 1.165) is 4.47 Å². The average Bonchev–Trinajstić information content (AvgIpc) is 2.71. The van der Waals surface area contributed by atoms with Crippen LogP contribution in [0, 0.1) is 0 Å². The van der Waals surface area contributed by atoms with Crippen LogP contribution in [-0.4, -0.2) is 62.0 Å². The predicted octanol–water partition coefficient (Wildman–Crippen LogP) is 2.49. The minimum absolute atomic E-state index is 0.0445. The van der Waals surface area contributed by atoms with Gasteiger partial charge < -0.3 is 9.64 Å². The Bertz CT molecular complexity index is 997. The number of benzene rings is 1. The highest BCUT2D eigenvalue weighted by Crippen LogP contribution is 2.23. The van der Waals surface area contributed by atoms with Gasteiger partial charge in [-0.05, 0) is 30.3 Å². The van der Waals surface area contributed by atoms with E-state index in [0.29, 0.717) is 16.9 Å². The Balaban J connectivity index is 1.85. The molecule has 10 heteroatoms. The number of amides is 2. The molecule has 1 aliphatic rings. The van der Waals surface area contributed by atoms with Crippen molar-refractivity contribution in [3.63, 3.8) is 0 Å². The maximum Gasteiger partial charge on any atom is 0.339 e. The summed E-state index contributed by atoms with van der Waals surface area (Å²) in [5.74, 6) is -0.577. The summed E-state index contributed by atoms with van der Waals surface area (Å²) >= 11 is 3.41. The van der Waals surface area contributed by atoms with Crippen molar-refractivity contribution in [2.45, 2.75) is 6.54 Å². The van der Waals surface area contributed by atoms with Crippen LogP contribution in [0.3, 0.4) is 0 Å². The smallest absolute Gasteiger partial charge is 0.339 e. The summed E-state index contributed by atoms with van der Waals surface area (Å²) in [5.41, 5.74) is 1.55. The molecule has 1 aromatic carbocycles. The number of anilines is 1. The van der Waals surface area contributed by atoms with Gasteiger partial charge in [-0.25, -0.2) is 18.0 Å². The van der Waals surface area contributed by atoms with Gasteiger partial charge >= 0.3 is 12.0 Å². The molecule has 1 fully saturated rings. The largest absolute Gasteiger partial charge is 0.465 e. The molecule has 154 valence electrons. The van der Waals surface area contributed by atoms with Gasteiger partial charge in [0.2, 0.25) is 0 Å². The molecule has 0 radical (unpaired) electrons. The minimum Gasteiger partial charge on any atom is -0.465 e. The van der Waals surface area contributed by atoms with E-state index >= 15 is 0 Å². The van der Waals surface area contributed by atoms with Gasteiger partial charge in [-0.2, -0.15) is 0 Å². The fourth-order valence-electron chi connectivity index (χ4n) is 2.91. The van der Waals surface area contributed by atoms with Crippen LogP contribution in [0.1, 0.15) is 16.1 Å². The second kappa shape index (κ2) is 8.91. The minimum atomic E-state index is -3.10. The van der Waals surface area contributed by atoms with Gasteiger partial charge in [0.25, 0.3) is 0 Å². The standard InChI is InChI=1S/C19H20BrN3O5S/c1-28-18(24)14-5-6-16(21-12-14)13-23(17-4-2-3-15(20)11-17)19(25)22-7-9-29(26,27)10-8-22/h2-6,11-12H,7-10,13H2,1H3. The van der Waals surface area contributed by atoms with Crippen LogP contribution >= 0.6 is 15.9 Å². The van der Waals surface area contributed by atoms with Crippen LogP contribution in [0.5, 0.6) is 0 Å². The zero-order chi connectivity index (χ0) is 21.0. The maximum absolute atomic E-state index is 13.2. The number of sulfone groups is 1. The van der Waals surface area contributed by atoms with Crippen molar-refractivity contribution in [1.29, 1.82) is 0 Å². The second-order valence-electron chi connectivity index (χ2n) is 6.52. The van der Waals surface area contributed by atoms with Gasteiger partial charge in [0.1, 0.15) is 0 Å². The number of halogens is 1. The first-order chi connectivity index (χ1) is 13.8. The lowest BCUT2D eigenvalue weighted by Crippen LogP contribution is -2.49. The highest BCUT2D eigenvalue weighted by molar-refractivity contribution is 9.10. The third kappa shape index (κ3) is 5.33.